The van der Waals surface area contributed by atoms with E-state index in [1.165, 1.54) is 44.9 Å². The van der Waals surface area contributed by atoms with E-state index in [0.29, 0.717) is 6.04 Å². The van der Waals surface area contributed by atoms with Gasteiger partial charge in [-0.15, -0.1) is 0 Å². The average Bonchev–Trinajstić information content (AvgIpc) is 3.27. The van der Waals surface area contributed by atoms with Crippen molar-refractivity contribution in [1.29, 1.82) is 0 Å². The molecule has 0 radical (unpaired) electrons. The quantitative estimate of drug-likeness (QED) is 0.355. The Morgan fingerprint density at radius 2 is 2.03 bits per heavy atom. The molecule has 1 aliphatic carbocycles. The van der Waals surface area contributed by atoms with Crippen LogP contribution in [0.15, 0.2) is 27.8 Å². The lowest BCUT2D eigenvalue weighted by Crippen LogP contribution is -2.49. The van der Waals surface area contributed by atoms with E-state index < -0.39 is 0 Å². The average molecular weight is 405 g/mol. The van der Waals surface area contributed by atoms with Crippen molar-refractivity contribution in [2.45, 2.75) is 63.8 Å². The zero-order valence-corrected chi connectivity index (χ0v) is 18.2. The number of furan rings is 1. The first-order valence-corrected chi connectivity index (χ1v) is 11.6. The first-order valence-electron chi connectivity index (χ1n) is 11.6. The van der Waals surface area contributed by atoms with Crippen LogP contribution >= 0.6 is 0 Å². The molecule has 0 unspecified atom stereocenters. The molecule has 0 amide bonds. The number of likely N-dealkylation sites (tertiary alicyclic amines) is 1. The molecule has 2 heterocycles. The van der Waals surface area contributed by atoms with Crippen LogP contribution in [0.25, 0.3) is 0 Å². The lowest BCUT2D eigenvalue weighted by Gasteiger charge is -2.33. The van der Waals surface area contributed by atoms with Gasteiger partial charge >= 0.3 is 0 Å². The van der Waals surface area contributed by atoms with Gasteiger partial charge in [-0.25, -0.2) is 0 Å². The van der Waals surface area contributed by atoms with Crippen LogP contribution in [-0.2, 0) is 11.2 Å². The SMILES string of the molecule is COCCCN1CCC(NC(=NCC2CCCCC2)NCCc2ccco2)CC1. The second-order valence-electron chi connectivity index (χ2n) is 8.56. The van der Waals surface area contributed by atoms with E-state index in [0.717, 1.165) is 69.8 Å². The van der Waals surface area contributed by atoms with Gasteiger partial charge in [0.2, 0.25) is 0 Å². The molecule has 1 saturated carbocycles. The van der Waals surface area contributed by atoms with E-state index in [1.54, 1.807) is 13.4 Å². The van der Waals surface area contributed by atoms with Crippen LogP contribution in [0.3, 0.4) is 0 Å². The van der Waals surface area contributed by atoms with E-state index in [1.807, 2.05) is 12.1 Å². The van der Waals surface area contributed by atoms with Crippen LogP contribution in [0.5, 0.6) is 0 Å². The van der Waals surface area contributed by atoms with Gasteiger partial charge in [0.25, 0.3) is 0 Å². The van der Waals surface area contributed by atoms with Crippen LogP contribution in [-0.4, -0.2) is 63.3 Å². The summed E-state index contributed by atoms with van der Waals surface area (Å²) in [7, 11) is 1.78. The van der Waals surface area contributed by atoms with Gasteiger partial charge in [0, 0.05) is 58.9 Å². The van der Waals surface area contributed by atoms with Crippen molar-refractivity contribution in [2.75, 3.05) is 46.4 Å². The molecule has 1 aromatic heterocycles. The van der Waals surface area contributed by atoms with Gasteiger partial charge in [-0.1, -0.05) is 19.3 Å². The summed E-state index contributed by atoms with van der Waals surface area (Å²) in [5.74, 6) is 2.77. The molecule has 1 saturated heterocycles. The number of aliphatic imine (C=N–C) groups is 1. The summed E-state index contributed by atoms with van der Waals surface area (Å²) in [6, 6.07) is 4.49. The molecule has 0 spiro atoms. The molecular weight excluding hydrogens is 364 g/mol. The van der Waals surface area contributed by atoms with E-state index in [9.17, 15) is 0 Å². The van der Waals surface area contributed by atoms with Crippen LogP contribution in [0, 0.1) is 5.92 Å². The minimum absolute atomic E-state index is 0.509. The van der Waals surface area contributed by atoms with Crippen molar-refractivity contribution in [3.8, 4) is 0 Å². The van der Waals surface area contributed by atoms with E-state index in [4.69, 9.17) is 14.1 Å². The van der Waals surface area contributed by atoms with Gasteiger partial charge in [0.1, 0.15) is 5.76 Å². The second-order valence-corrected chi connectivity index (χ2v) is 8.56. The lowest BCUT2D eigenvalue weighted by molar-refractivity contribution is 0.155. The Labute approximate surface area is 176 Å². The molecule has 1 aliphatic heterocycles. The third kappa shape index (κ3) is 8.39. The summed E-state index contributed by atoms with van der Waals surface area (Å²) >= 11 is 0. The molecule has 1 aromatic rings. The third-order valence-corrected chi connectivity index (χ3v) is 6.23. The molecule has 6 nitrogen and oxygen atoms in total. The highest BCUT2D eigenvalue weighted by Crippen LogP contribution is 2.23. The fourth-order valence-corrected chi connectivity index (χ4v) is 4.43. The highest BCUT2D eigenvalue weighted by Gasteiger charge is 2.20. The summed E-state index contributed by atoms with van der Waals surface area (Å²) in [6.07, 6.45) is 12.9. The number of hydrogen-bond donors (Lipinski definition) is 2. The predicted molar refractivity (Wildman–Crippen MR) is 118 cm³/mol. The Balaban J connectivity index is 1.45. The number of methoxy groups -OCH3 is 1. The lowest BCUT2D eigenvalue weighted by atomic mass is 9.89. The number of rotatable bonds is 10. The molecule has 0 bridgehead atoms. The number of hydrogen-bond acceptors (Lipinski definition) is 4. The first-order chi connectivity index (χ1) is 14.3. The van der Waals surface area contributed by atoms with Crippen LogP contribution < -0.4 is 10.6 Å². The standard InChI is InChI=1S/C23H40N4O2/c1-28-17-6-14-27-15-11-21(12-16-27)26-23(24-13-10-22-9-5-18-29-22)25-19-20-7-3-2-4-8-20/h5,9,18,20-21H,2-4,6-8,10-17,19H2,1H3,(H2,24,25,26). The molecular formula is C23H40N4O2. The maximum atomic E-state index is 5.46. The van der Waals surface area contributed by atoms with Gasteiger partial charge in [-0.3, -0.25) is 4.99 Å². The maximum absolute atomic E-state index is 5.46. The van der Waals surface area contributed by atoms with Crippen molar-refractivity contribution in [2.24, 2.45) is 10.9 Å². The molecule has 2 N–H and O–H groups in total. The Morgan fingerprint density at radius 1 is 1.21 bits per heavy atom. The van der Waals surface area contributed by atoms with Crippen LogP contribution in [0.1, 0.15) is 57.1 Å². The van der Waals surface area contributed by atoms with Gasteiger partial charge in [0.05, 0.1) is 6.26 Å². The van der Waals surface area contributed by atoms with Crippen molar-refractivity contribution >= 4 is 5.96 Å². The number of piperidine rings is 1. The van der Waals surface area contributed by atoms with Gasteiger partial charge in [-0.05, 0) is 50.2 Å². The summed E-state index contributed by atoms with van der Waals surface area (Å²) in [6.45, 7) is 6.11. The van der Waals surface area contributed by atoms with Crippen LogP contribution in [0.4, 0.5) is 0 Å². The van der Waals surface area contributed by atoms with Crippen molar-refractivity contribution in [1.82, 2.24) is 15.5 Å². The molecule has 29 heavy (non-hydrogen) atoms. The molecule has 0 atom stereocenters. The molecule has 2 aliphatic rings. The van der Waals surface area contributed by atoms with E-state index in [-0.39, 0.29) is 0 Å². The van der Waals surface area contributed by atoms with E-state index in [2.05, 4.69) is 15.5 Å². The van der Waals surface area contributed by atoms with E-state index >= 15 is 0 Å². The largest absolute Gasteiger partial charge is 0.469 e. The number of nitrogens with zero attached hydrogens (tertiary/aromatic N) is 2. The third-order valence-electron chi connectivity index (χ3n) is 6.23. The number of ether oxygens (including phenoxy) is 1. The van der Waals surface area contributed by atoms with Gasteiger partial charge < -0.3 is 24.7 Å². The Hall–Kier alpha value is -1.53. The highest BCUT2D eigenvalue weighted by molar-refractivity contribution is 5.80. The van der Waals surface area contributed by atoms with Crippen molar-refractivity contribution in [3.63, 3.8) is 0 Å². The predicted octanol–water partition coefficient (Wildman–Crippen LogP) is 3.44. The first kappa shape index (κ1) is 22.2. The molecule has 3 rings (SSSR count). The monoisotopic (exact) mass is 404 g/mol. The second kappa shape index (κ2) is 12.9. The van der Waals surface area contributed by atoms with Gasteiger partial charge in [-0.2, -0.15) is 0 Å². The zero-order chi connectivity index (χ0) is 20.2. The van der Waals surface area contributed by atoms with Gasteiger partial charge in [0.15, 0.2) is 5.96 Å². The zero-order valence-electron chi connectivity index (χ0n) is 18.2. The summed E-state index contributed by atoms with van der Waals surface area (Å²) in [5, 5.41) is 7.27. The summed E-state index contributed by atoms with van der Waals surface area (Å²) < 4.78 is 10.6. The minimum atomic E-state index is 0.509. The smallest absolute Gasteiger partial charge is 0.191 e. The summed E-state index contributed by atoms with van der Waals surface area (Å²) in [4.78, 5) is 7.53. The van der Waals surface area contributed by atoms with Crippen molar-refractivity contribution in [3.05, 3.63) is 24.2 Å². The minimum Gasteiger partial charge on any atom is -0.469 e. The number of guanidine groups is 1. The number of nitrogens with one attached hydrogen (secondary N) is 2. The molecule has 6 heteroatoms. The Kier molecular flexibility index (Phi) is 9.87. The van der Waals surface area contributed by atoms with Crippen LogP contribution in [0.2, 0.25) is 0 Å². The highest BCUT2D eigenvalue weighted by atomic mass is 16.5. The molecule has 2 fully saturated rings. The normalized spacial score (nSPS) is 20.1. The fourth-order valence-electron chi connectivity index (χ4n) is 4.43. The molecule has 0 aromatic carbocycles. The maximum Gasteiger partial charge on any atom is 0.191 e. The fraction of sp³-hybridized carbons (Fsp3) is 0.783. The molecule has 164 valence electrons. The van der Waals surface area contributed by atoms with Crippen molar-refractivity contribution < 1.29 is 9.15 Å². The Bertz CT molecular complexity index is 561. The topological polar surface area (TPSA) is 62.0 Å². The summed E-state index contributed by atoms with van der Waals surface area (Å²) in [5.41, 5.74) is 0. The Morgan fingerprint density at radius 3 is 2.76 bits per heavy atom.